The second-order valence-corrected chi connectivity index (χ2v) is 9.68. The summed E-state index contributed by atoms with van der Waals surface area (Å²) in [5.74, 6) is 0.937. The molecule has 0 radical (unpaired) electrons. The molecule has 0 unspecified atom stereocenters. The average molecular weight is 401 g/mol. The number of pyridine rings is 1. The van der Waals surface area contributed by atoms with E-state index in [1.54, 1.807) is 16.4 Å². The first-order valence-electron chi connectivity index (χ1n) is 9.94. The van der Waals surface area contributed by atoms with Crippen LogP contribution in [-0.4, -0.2) is 62.4 Å². The Morgan fingerprint density at radius 3 is 2.43 bits per heavy atom. The Morgan fingerprint density at radius 2 is 1.71 bits per heavy atom. The number of anilines is 1. The van der Waals surface area contributed by atoms with Crippen LogP contribution in [0.15, 0.2) is 47.5 Å². The first-order valence-corrected chi connectivity index (χ1v) is 11.4. The van der Waals surface area contributed by atoms with Crippen molar-refractivity contribution in [3.8, 4) is 0 Å². The van der Waals surface area contributed by atoms with Crippen LogP contribution in [0, 0.1) is 6.92 Å². The number of aromatic nitrogens is 1. The fourth-order valence-electron chi connectivity index (χ4n) is 4.14. The highest BCUT2D eigenvalue weighted by Gasteiger charge is 2.38. The number of nitrogens with zero attached hydrogens (tertiary/aromatic N) is 4. The van der Waals surface area contributed by atoms with Gasteiger partial charge in [-0.05, 0) is 45.0 Å². The van der Waals surface area contributed by atoms with Gasteiger partial charge in [0, 0.05) is 44.5 Å². The molecule has 28 heavy (non-hydrogen) atoms. The molecule has 4 rings (SSSR count). The number of hydrogen-bond acceptors (Lipinski definition) is 5. The standard InChI is InChI=1S/C21H28N4O2S/c1-17-7-9-18(10-8-17)28(26,27)25-12-4-6-20(25)19-5-3-11-22-21(19)24-15-13-23(2)14-16-24/h3,5,7-11,20H,4,6,12-16H2,1-2H3/t20-/m1/s1. The summed E-state index contributed by atoms with van der Waals surface area (Å²) in [5.41, 5.74) is 2.08. The second-order valence-electron chi connectivity index (χ2n) is 7.79. The molecule has 0 amide bonds. The molecule has 150 valence electrons. The summed E-state index contributed by atoms with van der Waals surface area (Å²) in [7, 11) is -1.40. The molecule has 0 spiro atoms. The number of benzene rings is 1. The summed E-state index contributed by atoms with van der Waals surface area (Å²) in [6.45, 7) is 6.33. The van der Waals surface area contributed by atoms with Crippen LogP contribution >= 0.6 is 0 Å². The maximum absolute atomic E-state index is 13.3. The van der Waals surface area contributed by atoms with Crippen molar-refractivity contribution in [2.24, 2.45) is 0 Å². The molecule has 0 bridgehead atoms. The van der Waals surface area contributed by atoms with Crippen LogP contribution in [0.5, 0.6) is 0 Å². The SMILES string of the molecule is Cc1ccc(S(=O)(=O)N2CCC[C@@H]2c2cccnc2N2CCN(C)CC2)cc1. The van der Waals surface area contributed by atoms with Crippen molar-refractivity contribution >= 4 is 15.8 Å². The zero-order valence-electron chi connectivity index (χ0n) is 16.6. The summed E-state index contributed by atoms with van der Waals surface area (Å²) in [6.07, 6.45) is 3.51. The van der Waals surface area contributed by atoms with Gasteiger partial charge in [0.1, 0.15) is 5.82 Å². The number of rotatable bonds is 4. The smallest absolute Gasteiger partial charge is 0.243 e. The minimum absolute atomic E-state index is 0.158. The molecule has 0 saturated carbocycles. The third-order valence-corrected chi connectivity index (χ3v) is 7.73. The summed E-state index contributed by atoms with van der Waals surface area (Å²) >= 11 is 0. The van der Waals surface area contributed by atoms with E-state index in [0.29, 0.717) is 11.4 Å². The number of likely N-dealkylation sites (N-methyl/N-ethyl adjacent to an activating group) is 1. The lowest BCUT2D eigenvalue weighted by Crippen LogP contribution is -2.45. The van der Waals surface area contributed by atoms with E-state index in [0.717, 1.165) is 56.0 Å². The van der Waals surface area contributed by atoms with Gasteiger partial charge in [-0.2, -0.15) is 4.31 Å². The number of piperazine rings is 1. The van der Waals surface area contributed by atoms with Crippen molar-refractivity contribution in [1.29, 1.82) is 0 Å². The molecule has 6 nitrogen and oxygen atoms in total. The van der Waals surface area contributed by atoms with Gasteiger partial charge in [-0.25, -0.2) is 13.4 Å². The van der Waals surface area contributed by atoms with Crippen molar-refractivity contribution in [1.82, 2.24) is 14.2 Å². The van der Waals surface area contributed by atoms with Gasteiger partial charge in [0.05, 0.1) is 10.9 Å². The summed E-state index contributed by atoms with van der Waals surface area (Å²) in [4.78, 5) is 9.63. The molecule has 2 saturated heterocycles. The van der Waals surface area contributed by atoms with Crippen molar-refractivity contribution in [3.63, 3.8) is 0 Å². The minimum Gasteiger partial charge on any atom is -0.354 e. The van der Waals surface area contributed by atoms with Crippen LogP contribution in [0.3, 0.4) is 0 Å². The van der Waals surface area contributed by atoms with Crippen molar-refractivity contribution in [2.45, 2.75) is 30.7 Å². The molecule has 2 aromatic rings. The molecule has 1 aromatic heterocycles. The van der Waals surface area contributed by atoms with E-state index in [4.69, 9.17) is 0 Å². The van der Waals surface area contributed by atoms with Gasteiger partial charge in [-0.15, -0.1) is 0 Å². The number of sulfonamides is 1. The van der Waals surface area contributed by atoms with E-state index >= 15 is 0 Å². The van der Waals surface area contributed by atoms with E-state index in [9.17, 15) is 8.42 Å². The lowest BCUT2D eigenvalue weighted by Gasteiger charge is -2.35. The van der Waals surface area contributed by atoms with E-state index in [-0.39, 0.29) is 6.04 Å². The predicted molar refractivity (Wildman–Crippen MR) is 111 cm³/mol. The fourth-order valence-corrected chi connectivity index (χ4v) is 5.81. The molecule has 7 heteroatoms. The van der Waals surface area contributed by atoms with Crippen LogP contribution in [0.25, 0.3) is 0 Å². The molecule has 1 aromatic carbocycles. The normalized spacial score (nSPS) is 21.9. The molecule has 1 atom stereocenters. The summed E-state index contributed by atoms with van der Waals surface area (Å²) < 4.78 is 28.4. The topological polar surface area (TPSA) is 56.8 Å². The lowest BCUT2D eigenvalue weighted by molar-refractivity contribution is 0.311. The monoisotopic (exact) mass is 400 g/mol. The molecule has 0 N–H and O–H groups in total. The molecule has 0 aliphatic carbocycles. The molecule has 2 fully saturated rings. The Bertz CT molecular complexity index is 922. The van der Waals surface area contributed by atoms with Crippen LogP contribution in [0.1, 0.15) is 30.0 Å². The largest absolute Gasteiger partial charge is 0.354 e. The molecular formula is C21H28N4O2S. The highest BCUT2D eigenvalue weighted by molar-refractivity contribution is 7.89. The van der Waals surface area contributed by atoms with Crippen molar-refractivity contribution < 1.29 is 8.42 Å². The zero-order chi connectivity index (χ0) is 19.7. The highest BCUT2D eigenvalue weighted by atomic mass is 32.2. The minimum atomic E-state index is -3.53. The third kappa shape index (κ3) is 3.66. The molecule has 2 aliphatic rings. The molecule has 2 aliphatic heterocycles. The Morgan fingerprint density at radius 1 is 1.00 bits per heavy atom. The predicted octanol–water partition coefficient (Wildman–Crippen LogP) is 2.67. The Balaban J connectivity index is 1.67. The zero-order valence-corrected chi connectivity index (χ0v) is 17.4. The maximum Gasteiger partial charge on any atom is 0.243 e. The first-order chi connectivity index (χ1) is 13.5. The van der Waals surface area contributed by atoms with Gasteiger partial charge in [-0.3, -0.25) is 0 Å². The van der Waals surface area contributed by atoms with Crippen LogP contribution < -0.4 is 4.90 Å². The van der Waals surface area contributed by atoms with Gasteiger partial charge >= 0.3 is 0 Å². The maximum atomic E-state index is 13.3. The number of hydrogen-bond donors (Lipinski definition) is 0. The van der Waals surface area contributed by atoms with Crippen LogP contribution in [-0.2, 0) is 10.0 Å². The van der Waals surface area contributed by atoms with Crippen LogP contribution in [0.2, 0.25) is 0 Å². The third-order valence-electron chi connectivity index (χ3n) is 5.81. The summed E-state index contributed by atoms with van der Waals surface area (Å²) in [6, 6.07) is 11.0. The van der Waals surface area contributed by atoms with E-state index in [2.05, 4.69) is 21.8 Å². The summed E-state index contributed by atoms with van der Waals surface area (Å²) in [5, 5.41) is 0. The Labute approximate surface area is 167 Å². The van der Waals surface area contributed by atoms with Crippen LogP contribution in [0.4, 0.5) is 5.82 Å². The van der Waals surface area contributed by atoms with E-state index < -0.39 is 10.0 Å². The average Bonchev–Trinajstić information content (AvgIpc) is 3.20. The molecular weight excluding hydrogens is 372 g/mol. The van der Waals surface area contributed by atoms with Crippen molar-refractivity contribution in [2.75, 3.05) is 44.7 Å². The van der Waals surface area contributed by atoms with Gasteiger partial charge in [0.2, 0.25) is 10.0 Å². The fraction of sp³-hybridized carbons (Fsp3) is 0.476. The Kier molecular flexibility index (Phi) is 5.40. The quantitative estimate of drug-likeness (QED) is 0.790. The van der Waals surface area contributed by atoms with Gasteiger partial charge in [0.15, 0.2) is 0 Å². The van der Waals surface area contributed by atoms with Gasteiger partial charge < -0.3 is 9.80 Å². The lowest BCUT2D eigenvalue weighted by atomic mass is 10.1. The van der Waals surface area contributed by atoms with Gasteiger partial charge in [-0.1, -0.05) is 23.8 Å². The van der Waals surface area contributed by atoms with E-state index in [1.807, 2.05) is 37.4 Å². The van der Waals surface area contributed by atoms with E-state index in [1.165, 1.54) is 0 Å². The van der Waals surface area contributed by atoms with Gasteiger partial charge in [0.25, 0.3) is 0 Å². The molecule has 3 heterocycles. The Hall–Kier alpha value is -1.96. The first kappa shape index (κ1) is 19.4. The second kappa shape index (κ2) is 7.81. The number of aryl methyl sites for hydroxylation is 1. The highest BCUT2D eigenvalue weighted by Crippen LogP contribution is 2.39. The van der Waals surface area contributed by atoms with Crippen molar-refractivity contribution in [3.05, 3.63) is 53.7 Å².